The molecule has 0 spiro atoms. The summed E-state index contributed by atoms with van der Waals surface area (Å²) in [5.74, 6) is 1.39. The minimum absolute atomic E-state index is 0.112. The highest BCUT2D eigenvalue weighted by Crippen LogP contribution is 2.37. The number of benzene rings is 2. The van der Waals surface area contributed by atoms with Gasteiger partial charge in [0.1, 0.15) is 6.04 Å². The first-order chi connectivity index (χ1) is 15.9. The molecule has 2 aromatic carbocycles. The Morgan fingerprint density at radius 2 is 1.67 bits per heavy atom. The number of carbonyl (C=O) groups excluding carboxylic acids is 2. The third-order valence-corrected chi connectivity index (χ3v) is 4.95. The van der Waals surface area contributed by atoms with Gasteiger partial charge in [0.15, 0.2) is 23.0 Å². The van der Waals surface area contributed by atoms with Crippen LogP contribution in [0.4, 0.5) is 0 Å². The standard InChI is InChI=1S/C23H27N3O7/c1-13(2)20(25-22(27)15-6-7-16-17(10-15)33-12-32-16)23(28)26-24-11-14-8-18(29-3)21(31-5)19(9-14)30-4/h6-11,13,20H,12H2,1-5H3,(H,25,27)(H,26,28)/b24-11+. The van der Waals surface area contributed by atoms with Gasteiger partial charge >= 0.3 is 0 Å². The molecule has 2 aromatic rings. The Kier molecular flexibility index (Phi) is 7.60. The van der Waals surface area contributed by atoms with Crippen molar-refractivity contribution in [2.24, 2.45) is 11.0 Å². The van der Waals surface area contributed by atoms with Gasteiger partial charge in [-0.2, -0.15) is 5.10 Å². The second-order valence-electron chi connectivity index (χ2n) is 7.46. The van der Waals surface area contributed by atoms with Crippen molar-refractivity contribution in [1.29, 1.82) is 0 Å². The first-order valence-corrected chi connectivity index (χ1v) is 10.2. The molecular weight excluding hydrogens is 430 g/mol. The first-order valence-electron chi connectivity index (χ1n) is 10.2. The fraction of sp³-hybridized carbons (Fsp3) is 0.348. The number of hydrazone groups is 1. The Balaban J connectivity index is 1.68. The van der Waals surface area contributed by atoms with Crippen LogP contribution in [-0.4, -0.2) is 52.2 Å². The van der Waals surface area contributed by atoms with Crippen molar-refractivity contribution in [3.63, 3.8) is 0 Å². The number of carbonyl (C=O) groups is 2. The summed E-state index contributed by atoms with van der Waals surface area (Å²) in [7, 11) is 4.53. The SMILES string of the molecule is COc1cc(/C=N/NC(=O)C(NC(=O)c2ccc3c(c2)OCO3)C(C)C)cc(OC)c1OC. The van der Waals surface area contributed by atoms with Gasteiger partial charge in [-0.15, -0.1) is 0 Å². The molecule has 0 aliphatic carbocycles. The van der Waals surface area contributed by atoms with Crippen molar-refractivity contribution in [2.45, 2.75) is 19.9 Å². The van der Waals surface area contributed by atoms with Crippen molar-refractivity contribution in [3.8, 4) is 28.7 Å². The van der Waals surface area contributed by atoms with E-state index in [1.807, 2.05) is 13.8 Å². The van der Waals surface area contributed by atoms with Crippen molar-refractivity contribution < 1.29 is 33.3 Å². The second-order valence-corrected chi connectivity index (χ2v) is 7.46. The molecule has 0 saturated carbocycles. The van der Waals surface area contributed by atoms with Crippen molar-refractivity contribution in [2.75, 3.05) is 28.1 Å². The summed E-state index contributed by atoms with van der Waals surface area (Å²) in [6.07, 6.45) is 1.44. The largest absolute Gasteiger partial charge is 0.493 e. The summed E-state index contributed by atoms with van der Waals surface area (Å²) in [5.41, 5.74) is 3.45. The smallest absolute Gasteiger partial charge is 0.262 e. The Labute approximate surface area is 191 Å². The highest BCUT2D eigenvalue weighted by atomic mass is 16.7. The maximum atomic E-state index is 12.7. The lowest BCUT2D eigenvalue weighted by molar-refractivity contribution is -0.123. The number of nitrogens with one attached hydrogen (secondary N) is 2. The van der Waals surface area contributed by atoms with Gasteiger partial charge < -0.3 is 29.0 Å². The summed E-state index contributed by atoms with van der Waals surface area (Å²) in [6.45, 7) is 3.77. The molecule has 3 rings (SSSR count). The topological polar surface area (TPSA) is 117 Å². The lowest BCUT2D eigenvalue weighted by Gasteiger charge is -2.20. The molecule has 1 aliphatic rings. The van der Waals surface area contributed by atoms with Crippen molar-refractivity contribution >= 4 is 18.0 Å². The molecule has 10 nitrogen and oxygen atoms in total. The van der Waals surface area contributed by atoms with Crippen LogP contribution in [0.5, 0.6) is 28.7 Å². The molecule has 0 fully saturated rings. The molecule has 1 aliphatic heterocycles. The van der Waals surface area contributed by atoms with E-state index in [0.29, 0.717) is 39.9 Å². The van der Waals surface area contributed by atoms with Crippen LogP contribution in [0.25, 0.3) is 0 Å². The molecule has 0 aromatic heterocycles. The van der Waals surface area contributed by atoms with Crippen LogP contribution in [0.2, 0.25) is 0 Å². The molecule has 2 amide bonds. The molecule has 2 N–H and O–H groups in total. The molecule has 1 unspecified atom stereocenters. The van der Waals surface area contributed by atoms with Gasteiger partial charge in [-0.1, -0.05) is 13.8 Å². The number of hydrogen-bond donors (Lipinski definition) is 2. The average Bonchev–Trinajstić information content (AvgIpc) is 3.29. The minimum Gasteiger partial charge on any atom is -0.493 e. The molecule has 1 atom stereocenters. The predicted molar refractivity (Wildman–Crippen MR) is 120 cm³/mol. The van der Waals surface area contributed by atoms with Gasteiger partial charge in [-0.25, -0.2) is 5.43 Å². The van der Waals surface area contributed by atoms with Crippen LogP contribution < -0.4 is 34.4 Å². The molecule has 0 bridgehead atoms. The maximum Gasteiger partial charge on any atom is 0.262 e. The van der Waals surface area contributed by atoms with E-state index in [1.165, 1.54) is 27.5 Å². The summed E-state index contributed by atoms with van der Waals surface area (Å²) in [6, 6.07) is 7.43. The van der Waals surface area contributed by atoms with Crippen LogP contribution in [0.1, 0.15) is 29.8 Å². The van der Waals surface area contributed by atoms with Crippen LogP contribution in [0.15, 0.2) is 35.4 Å². The first kappa shape index (κ1) is 23.7. The van der Waals surface area contributed by atoms with E-state index in [1.54, 1.807) is 30.3 Å². The van der Waals surface area contributed by atoms with Crippen LogP contribution in [-0.2, 0) is 4.79 Å². The van der Waals surface area contributed by atoms with Crippen molar-refractivity contribution in [3.05, 3.63) is 41.5 Å². The molecule has 176 valence electrons. The zero-order chi connectivity index (χ0) is 24.0. The van der Waals surface area contributed by atoms with Crippen LogP contribution in [0, 0.1) is 5.92 Å². The Hall–Kier alpha value is -3.95. The van der Waals surface area contributed by atoms with Crippen LogP contribution in [0.3, 0.4) is 0 Å². The lowest BCUT2D eigenvalue weighted by atomic mass is 10.0. The molecule has 0 saturated heterocycles. The zero-order valence-electron chi connectivity index (χ0n) is 19.1. The number of fused-ring (bicyclic) bond motifs is 1. The number of nitrogens with zero attached hydrogens (tertiary/aromatic N) is 1. The Bertz CT molecular complexity index is 1030. The number of rotatable bonds is 9. The summed E-state index contributed by atoms with van der Waals surface area (Å²) in [4.78, 5) is 25.4. The van der Waals surface area contributed by atoms with Gasteiger partial charge in [-0.05, 0) is 36.2 Å². The highest BCUT2D eigenvalue weighted by molar-refractivity contribution is 5.98. The molecule has 33 heavy (non-hydrogen) atoms. The predicted octanol–water partition coefficient (Wildman–Crippen LogP) is 2.35. The second kappa shape index (κ2) is 10.6. The van der Waals surface area contributed by atoms with E-state index in [2.05, 4.69) is 15.8 Å². The number of hydrogen-bond acceptors (Lipinski definition) is 8. The lowest BCUT2D eigenvalue weighted by Crippen LogP contribution is -2.48. The van der Waals surface area contributed by atoms with Gasteiger partial charge in [0.25, 0.3) is 11.8 Å². The van der Waals surface area contributed by atoms with E-state index in [4.69, 9.17) is 23.7 Å². The average molecular weight is 457 g/mol. The summed E-state index contributed by atoms with van der Waals surface area (Å²) in [5, 5.41) is 6.76. The van der Waals surface area contributed by atoms with E-state index in [-0.39, 0.29) is 12.7 Å². The Morgan fingerprint density at radius 1 is 1.00 bits per heavy atom. The normalized spacial score (nSPS) is 13.0. The van der Waals surface area contributed by atoms with E-state index in [9.17, 15) is 9.59 Å². The zero-order valence-corrected chi connectivity index (χ0v) is 19.1. The molecule has 0 radical (unpaired) electrons. The van der Waals surface area contributed by atoms with Gasteiger partial charge in [0.05, 0.1) is 27.5 Å². The number of ether oxygens (including phenoxy) is 5. The molecule has 10 heteroatoms. The summed E-state index contributed by atoms with van der Waals surface area (Å²) >= 11 is 0. The third-order valence-electron chi connectivity index (χ3n) is 4.95. The number of amides is 2. The fourth-order valence-electron chi connectivity index (χ4n) is 3.21. The quantitative estimate of drug-likeness (QED) is 0.439. The monoisotopic (exact) mass is 457 g/mol. The van der Waals surface area contributed by atoms with Gasteiger partial charge in [0.2, 0.25) is 12.5 Å². The highest BCUT2D eigenvalue weighted by Gasteiger charge is 2.25. The molecule has 1 heterocycles. The fourth-order valence-corrected chi connectivity index (χ4v) is 3.21. The van der Waals surface area contributed by atoms with Crippen LogP contribution >= 0.6 is 0 Å². The number of methoxy groups -OCH3 is 3. The van der Waals surface area contributed by atoms with Gasteiger partial charge in [-0.3, -0.25) is 9.59 Å². The molecular formula is C23H27N3O7. The van der Waals surface area contributed by atoms with Gasteiger partial charge in [0, 0.05) is 11.1 Å². The maximum absolute atomic E-state index is 12.7. The third kappa shape index (κ3) is 5.46. The van der Waals surface area contributed by atoms with Crippen molar-refractivity contribution in [1.82, 2.24) is 10.7 Å². The minimum atomic E-state index is -0.806. The van der Waals surface area contributed by atoms with E-state index < -0.39 is 17.9 Å². The van der Waals surface area contributed by atoms with E-state index >= 15 is 0 Å². The Morgan fingerprint density at radius 3 is 2.27 bits per heavy atom. The summed E-state index contributed by atoms with van der Waals surface area (Å²) < 4.78 is 26.5. The van der Waals surface area contributed by atoms with E-state index in [0.717, 1.165) is 0 Å².